The Hall–Kier alpha value is -2.00. The van der Waals surface area contributed by atoms with E-state index in [-0.39, 0.29) is 0 Å². The summed E-state index contributed by atoms with van der Waals surface area (Å²) in [5.41, 5.74) is 9.71. The smallest absolute Gasteiger partial charge is 0.143 e. The molecule has 0 atom stereocenters. The average Bonchev–Trinajstić information content (AvgIpc) is 2.76. The summed E-state index contributed by atoms with van der Waals surface area (Å²) in [5, 5.41) is 0.717. The normalized spacial score (nSPS) is 11.1. The SMILES string of the molecule is CCn1c(-c2ccccc2N)nc2ccc(Cl)cc21. The Labute approximate surface area is 116 Å². The fraction of sp³-hybridized carbons (Fsp3) is 0.133. The average molecular weight is 272 g/mol. The molecule has 0 bridgehead atoms. The van der Waals surface area contributed by atoms with Crippen LogP contribution >= 0.6 is 11.6 Å². The van der Waals surface area contributed by atoms with Crippen molar-refractivity contribution in [2.45, 2.75) is 13.5 Å². The van der Waals surface area contributed by atoms with E-state index in [4.69, 9.17) is 17.3 Å². The molecule has 3 rings (SSSR count). The lowest BCUT2D eigenvalue weighted by molar-refractivity contribution is 0.796. The molecule has 0 aliphatic rings. The lowest BCUT2D eigenvalue weighted by Gasteiger charge is -2.08. The van der Waals surface area contributed by atoms with Crippen LogP contribution in [0, 0.1) is 0 Å². The Morgan fingerprint density at radius 3 is 2.74 bits per heavy atom. The number of rotatable bonds is 2. The van der Waals surface area contributed by atoms with Crippen molar-refractivity contribution in [3.05, 3.63) is 47.5 Å². The number of nitrogen functional groups attached to an aromatic ring is 1. The number of anilines is 1. The van der Waals surface area contributed by atoms with E-state index in [9.17, 15) is 0 Å². The molecule has 2 N–H and O–H groups in total. The van der Waals surface area contributed by atoms with Crippen molar-refractivity contribution in [2.24, 2.45) is 0 Å². The van der Waals surface area contributed by atoms with Crippen LogP contribution in [0.1, 0.15) is 6.92 Å². The van der Waals surface area contributed by atoms with Crippen molar-refractivity contribution in [1.29, 1.82) is 0 Å². The van der Waals surface area contributed by atoms with Gasteiger partial charge in [-0.2, -0.15) is 0 Å². The van der Waals surface area contributed by atoms with E-state index in [0.29, 0.717) is 0 Å². The Morgan fingerprint density at radius 1 is 1.21 bits per heavy atom. The molecule has 96 valence electrons. The van der Waals surface area contributed by atoms with Crippen LogP contribution in [0.5, 0.6) is 0 Å². The van der Waals surface area contributed by atoms with Crippen LogP contribution in [-0.4, -0.2) is 9.55 Å². The standard InChI is InChI=1S/C15H14ClN3/c1-2-19-14-9-10(16)7-8-13(14)18-15(19)11-5-3-4-6-12(11)17/h3-9H,2,17H2,1H3. The number of aromatic nitrogens is 2. The number of benzene rings is 2. The number of hydrogen-bond donors (Lipinski definition) is 1. The third-order valence-electron chi connectivity index (χ3n) is 3.23. The van der Waals surface area contributed by atoms with Gasteiger partial charge in [0.2, 0.25) is 0 Å². The first-order chi connectivity index (χ1) is 9.20. The zero-order chi connectivity index (χ0) is 13.4. The number of hydrogen-bond acceptors (Lipinski definition) is 2. The van der Waals surface area contributed by atoms with Gasteiger partial charge in [-0.05, 0) is 37.3 Å². The van der Waals surface area contributed by atoms with Gasteiger partial charge in [0.05, 0.1) is 11.0 Å². The lowest BCUT2D eigenvalue weighted by atomic mass is 10.1. The van der Waals surface area contributed by atoms with Crippen molar-refractivity contribution in [2.75, 3.05) is 5.73 Å². The van der Waals surface area contributed by atoms with Gasteiger partial charge >= 0.3 is 0 Å². The molecule has 0 aliphatic carbocycles. The molecule has 0 radical (unpaired) electrons. The summed E-state index contributed by atoms with van der Waals surface area (Å²) in [4.78, 5) is 4.68. The molecular formula is C15H14ClN3. The van der Waals surface area contributed by atoms with E-state index in [1.807, 2.05) is 42.5 Å². The molecule has 0 spiro atoms. The molecule has 0 aliphatic heterocycles. The van der Waals surface area contributed by atoms with Gasteiger partial charge in [-0.15, -0.1) is 0 Å². The van der Waals surface area contributed by atoms with E-state index in [1.165, 1.54) is 0 Å². The summed E-state index contributed by atoms with van der Waals surface area (Å²) in [6, 6.07) is 13.5. The number of imidazole rings is 1. The number of halogens is 1. The monoisotopic (exact) mass is 271 g/mol. The second kappa shape index (κ2) is 4.59. The maximum atomic E-state index is 6.07. The number of nitrogens with two attached hydrogens (primary N) is 1. The van der Waals surface area contributed by atoms with Gasteiger partial charge < -0.3 is 10.3 Å². The first-order valence-corrected chi connectivity index (χ1v) is 6.59. The van der Waals surface area contributed by atoms with Crippen LogP contribution in [0.2, 0.25) is 5.02 Å². The zero-order valence-corrected chi connectivity index (χ0v) is 11.4. The third-order valence-corrected chi connectivity index (χ3v) is 3.46. The first-order valence-electron chi connectivity index (χ1n) is 6.21. The topological polar surface area (TPSA) is 43.8 Å². The minimum atomic E-state index is 0.717. The minimum Gasteiger partial charge on any atom is -0.398 e. The van der Waals surface area contributed by atoms with Crippen LogP contribution in [0.25, 0.3) is 22.4 Å². The molecule has 0 saturated heterocycles. The third kappa shape index (κ3) is 1.96. The highest BCUT2D eigenvalue weighted by atomic mass is 35.5. The van der Waals surface area contributed by atoms with E-state index in [2.05, 4.69) is 16.5 Å². The van der Waals surface area contributed by atoms with Crippen LogP contribution in [0.3, 0.4) is 0 Å². The van der Waals surface area contributed by atoms with Crippen molar-refractivity contribution >= 4 is 28.3 Å². The van der Waals surface area contributed by atoms with Crippen LogP contribution in [0.15, 0.2) is 42.5 Å². The predicted octanol–water partition coefficient (Wildman–Crippen LogP) is 3.96. The van der Waals surface area contributed by atoms with Gasteiger partial charge in [0.25, 0.3) is 0 Å². The molecule has 1 aromatic heterocycles. The Kier molecular flexibility index (Phi) is 2.91. The Morgan fingerprint density at radius 2 is 2.00 bits per heavy atom. The number of aryl methyl sites for hydroxylation is 1. The van der Waals surface area contributed by atoms with E-state index < -0.39 is 0 Å². The minimum absolute atomic E-state index is 0.717. The van der Waals surface area contributed by atoms with Crippen molar-refractivity contribution in [1.82, 2.24) is 9.55 Å². The second-order valence-corrected chi connectivity index (χ2v) is 4.84. The summed E-state index contributed by atoms with van der Waals surface area (Å²) in [5.74, 6) is 0.887. The highest BCUT2D eigenvalue weighted by molar-refractivity contribution is 6.31. The van der Waals surface area contributed by atoms with E-state index in [1.54, 1.807) is 0 Å². The van der Waals surface area contributed by atoms with Gasteiger partial charge in [-0.1, -0.05) is 23.7 Å². The maximum absolute atomic E-state index is 6.07. The van der Waals surface area contributed by atoms with Crippen LogP contribution < -0.4 is 5.73 Å². The number of fused-ring (bicyclic) bond motifs is 1. The highest BCUT2D eigenvalue weighted by Gasteiger charge is 2.13. The summed E-state index contributed by atoms with van der Waals surface area (Å²) in [6.07, 6.45) is 0. The number of nitrogens with zero attached hydrogens (tertiary/aromatic N) is 2. The maximum Gasteiger partial charge on any atom is 0.143 e. The molecule has 2 aromatic carbocycles. The number of para-hydroxylation sites is 1. The summed E-state index contributed by atoms with van der Waals surface area (Å²) in [7, 11) is 0. The molecule has 3 nitrogen and oxygen atoms in total. The first kappa shape index (κ1) is 12.1. The van der Waals surface area contributed by atoms with Crippen LogP contribution in [0.4, 0.5) is 5.69 Å². The summed E-state index contributed by atoms with van der Waals surface area (Å²) in [6.45, 7) is 2.91. The molecule has 1 heterocycles. The largest absolute Gasteiger partial charge is 0.398 e. The van der Waals surface area contributed by atoms with Crippen molar-refractivity contribution in [3.8, 4) is 11.4 Å². The Balaban J connectivity index is 2.33. The summed E-state index contributed by atoms with van der Waals surface area (Å²) < 4.78 is 2.13. The molecular weight excluding hydrogens is 258 g/mol. The van der Waals surface area contributed by atoms with Crippen LogP contribution in [-0.2, 0) is 6.54 Å². The predicted molar refractivity (Wildman–Crippen MR) is 80.3 cm³/mol. The highest BCUT2D eigenvalue weighted by Crippen LogP contribution is 2.29. The molecule has 0 fully saturated rings. The fourth-order valence-corrected chi connectivity index (χ4v) is 2.49. The quantitative estimate of drug-likeness (QED) is 0.717. The summed E-state index contributed by atoms with van der Waals surface area (Å²) >= 11 is 6.07. The van der Waals surface area contributed by atoms with Gasteiger partial charge in [0.1, 0.15) is 5.82 Å². The van der Waals surface area contributed by atoms with Gasteiger partial charge in [-0.25, -0.2) is 4.98 Å². The molecule has 3 aromatic rings. The molecule has 19 heavy (non-hydrogen) atoms. The lowest BCUT2D eigenvalue weighted by Crippen LogP contribution is -1.99. The van der Waals surface area contributed by atoms with Crippen molar-refractivity contribution < 1.29 is 0 Å². The van der Waals surface area contributed by atoms with Gasteiger partial charge in [-0.3, -0.25) is 0 Å². The van der Waals surface area contributed by atoms with Crippen molar-refractivity contribution in [3.63, 3.8) is 0 Å². The fourth-order valence-electron chi connectivity index (χ4n) is 2.32. The second-order valence-electron chi connectivity index (χ2n) is 4.40. The van der Waals surface area contributed by atoms with E-state index in [0.717, 1.165) is 39.7 Å². The molecule has 4 heteroatoms. The Bertz CT molecular complexity index is 746. The molecule has 0 saturated carbocycles. The van der Waals surface area contributed by atoms with Gasteiger partial charge in [0.15, 0.2) is 0 Å². The van der Waals surface area contributed by atoms with E-state index >= 15 is 0 Å². The van der Waals surface area contributed by atoms with Gasteiger partial charge in [0, 0.05) is 22.8 Å². The zero-order valence-electron chi connectivity index (χ0n) is 10.6. The molecule has 0 amide bonds. The molecule has 0 unspecified atom stereocenters.